The second kappa shape index (κ2) is 12.3. The number of rotatable bonds is 11. The molecule has 2 aromatic rings. The minimum atomic E-state index is 1.03. The molecule has 0 fully saturated rings. The van der Waals surface area contributed by atoms with Gasteiger partial charge in [-0.05, 0) is 72.2 Å². The predicted octanol–water partition coefficient (Wildman–Crippen LogP) is 7.60. The Morgan fingerprint density at radius 2 is 0.786 bits per heavy atom. The molecule has 0 aliphatic heterocycles. The number of nitrogens with zero attached hydrogens (tertiary/aromatic N) is 2. The van der Waals surface area contributed by atoms with Crippen molar-refractivity contribution in [2.75, 3.05) is 0 Å². The van der Waals surface area contributed by atoms with Crippen molar-refractivity contribution in [1.82, 2.24) is 0 Å². The third-order valence-corrected chi connectivity index (χ3v) is 4.74. The van der Waals surface area contributed by atoms with Gasteiger partial charge in [-0.1, -0.05) is 65.5 Å². The van der Waals surface area contributed by atoms with Gasteiger partial charge < -0.3 is 0 Å². The molecule has 0 amide bonds. The van der Waals surface area contributed by atoms with E-state index in [1.165, 1.54) is 22.3 Å². The number of aryl methyl sites for hydroxylation is 4. The molecule has 0 spiro atoms. The van der Waals surface area contributed by atoms with Crippen LogP contribution in [-0.2, 0) is 25.7 Å². The van der Waals surface area contributed by atoms with Crippen molar-refractivity contribution in [3.8, 4) is 0 Å². The minimum Gasteiger partial charge on any atom is -0.255 e. The summed E-state index contributed by atoms with van der Waals surface area (Å²) in [6, 6.07) is 13.5. The van der Waals surface area contributed by atoms with Crippen LogP contribution in [0.2, 0.25) is 0 Å². The predicted molar refractivity (Wildman–Crippen MR) is 125 cm³/mol. The molecule has 0 saturated heterocycles. The zero-order valence-corrected chi connectivity index (χ0v) is 18.2. The Kier molecular flexibility index (Phi) is 9.68. The van der Waals surface area contributed by atoms with Crippen molar-refractivity contribution < 1.29 is 0 Å². The van der Waals surface area contributed by atoms with Crippen molar-refractivity contribution in [3.63, 3.8) is 0 Å². The second-order valence-corrected chi connectivity index (χ2v) is 7.57. The topological polar surface area (TPSA) is 24.7 Å². The first-order valence-corrected chi connectivity index (χ1v) is 11.0. The molecule has 0 radical (unpaired) electrons. The summed E-state index contributed by atoms with van der Waals surface area (Å²) in [5.74, 6) is 0. The van der Waals surface area contributed by atoms with Crippen LogP contribution in [0.25, 0.3) is 0 Å². The van der Waals surface area contributed by atoms with Gasteiger partial charge in [0.1, 0.15) is 0 Å². The fourth-order valence-corrected chi connectivity index (χ4v) is 3.61. The molecule has 0 atom stereocenters. The Hall–Kier alpha value is -2.22. The first-order chi connectivity index (χ1) is 13.7. The highest BCUT2D eigenvalue weighted by Gasteiger charge is 2.01. The van der Waals surface area contributed by atoms with Crippen LogP contribution in [0.3, 0.4) is 0 Å². The van der Waals surface area contributed by atoms with Crippen LogP contribution in [-0.4, -0.2) is 12.4 Å². The van der Waals surface area contributed by atoms with Crippen LogP contribution >= 0.6 is 0 Å². The Morgan fingerprint density at radius 1 is 0.500 bits per heavy atom. The smallest absolute Gasteiger partial charge is 0.0635 e. The van der Waals surface area contributed by atoms with E-state index in [2.05, 4.69) is 74.1 Å². The SMILES string of the molecule is CCCc1cc(CCC)cc(N=CC=Nc2cc(CCC)cc(CCC)c2)c1. The van der Waals surface area contributed by atoms with Crippen LogP contribution in [0.1, 0.15) is 75.6 Å². The van der Waals surface area contributed by atoms with E-state index < -0.39 is 0 Å². The van der Waals surface area contributed by atoms with E-state index in [4.69, 9.17) is 0 Å². The van der Waals surface area contributed by atoms with E-state index in [0.717, 1.165) is 62.7 Å². The molecule has 28 heavy (non-hydrogen) atoms. The summed E-state index contributed by atoms with van der Waals surface area (Å²) < 4.78 is 0. The molecule has 0 aromatic heterocycles. The molecule has 2 nitrogen and oxygen atoms in total. The molecule has 2 aromatic carbocycles. The lowest BCUT2D eigenvalue weighted by atomic mass is 10.0. The van der Waals surface area contributed by atoms with Gasteiger partial charge in [0, 0.05) is 12.4 Å². The fourth-order valence-electron chi connectivity index (χ4n) is 3.61. The van der Waals surface area contributed by atoms with Gasteiger partial charge in [-0.2, -0.15) is 0 Å². The summed E-state index contributed by atoms with van der Waals surface area (Å²) >= 11 is 0. The quantitative estimate of drug-likeness (QED) is 0.361. The van der Waals surface area contributed by atoms with Gasteiger partial charge in [-0.15, -0.1) is 0 Å². The summed E-state index contributed by atoms with van der Waals surface area (Å²) in [4.78, 5) is 9.30. The van der Waals surface area contributed by atoms with Gasteiger partial charge in [0.25, 0.3) is 0 Å². The molecule has 0 bridgehead atoms. The second-order valence-electron chi connectivity index (χ2n) is 7.57. The minimum absolute atomic E-state index is 1.03. The van der Waals surface area contributed by atoms with Crippen molar-refractivity contribution in [1.29, 1.82) is 0 Å². The first kappa shape index (κ1) is 22.1. The van der Waals surface area contributed by atoms with Crippen LogP contribution < -0.4 is 0 Å². The Labute approximate surface area is 171 Å². The van der Waals surface area contributed by atoms with Crippen molar-refractivity contribution >= 4 is 23.8 Å². The molecule has 0 aliphatic rings. The number of benzene rings is 2. The third-order valence-electron chi connectivity index (χ3n) is 4.74. The summed E-state index contributed by atoms with van der Waals surface area (Å²) in [5, 5.41) is 0. The molecule has 2 rings (SSSR count). The molecular formula is C26H36N2. The van der Waals surface area contributed by atoms with E-state index in [9.17, 15) is 0 Å². The summed E-state index contributed by atoms with van der Waals surface area (Å²) in [6.07, 6.45) is 12.7. The highest BCUT2D eigenvalue weighted by molar-refractivity contribution is 6.17. The Bertz CT molecular complexity index is 671. The van der Waals surface area contributed by atoms with Crippen LogP contribution in [0.5, 0.6) is 0 Å². The molecule has 0 saturated carbocycles. The van der Waals surface area contributed by atoms with Crippen LogP contribution in [0.4, 0.5) is 11.4 Å². The lowest BCUT2D eigenvalue weighted by Crippen LogP contribution is -1.90. The first-order valence-electron chi connectivity index (χ1n) is 11.0. The highest BCUT2D eigenvalue weighted by Crippen LogP contribution is 2.21. The number of aliphatic imine (C=N–C) groups is 2. The standard InChI is InChI=1S/C26H36N2/c1-5-9-21-15-22(10-6-2)18-25(17-21)27-13-14-28-26-19-23(11-7-3)16-24(20-26)12-8-4/h13-20H,5-12H2,1-4H3. The van der Waals surface area contributed by atoms with Crippen LogP contribution in [0, 0.1) is 0 Å². The largest absolute Gasteiger partial charge is 0.255 e. The van der Waals surface area contributed by atoms with Crippen molar-refractivity contribution in [2.24, 2.45) is 9.98 Å². The molecule has 0 heterocycles. The van der Waals surface area contributed by atoms with Gasteiger partial charge >= 0.3 is 0 Å². The van der Waals surface area contributed by atoms with Gasteiger partial charge in [0.2, 0.25) is 0 Å². The zero-order chi connectivity index (χ0) is 20.2. The van der Waals surface area contributed by atoms with Crippen molar-refractivity contribution in [3.05, 3.63) is 58.7 Å². The van der Waals surface area contributed by atoms with Crippen LogP contribution in [0.15, 0.2) is 46.4 Å². The van der Waals surface area contributed by atoms with Gasteiger partial charge in [-0.25, -0.2) is 0 Å². The lowest BCUT2D eigenvalue weighted by Gasteiger charge is -2.06. The molecule has 150 valence electrons. The Morgan fingerprint density at radius 3 is 1.04 bits per heavy atom. The van der Waals surface area contributed by atoms with E-state index >= 15 is 0 Å². The average molecular weight is 377 g/mol. The maximum Gasteiger partial charge on any atom is 0.0635 e. The fraction of sp³-hybridized carbons (Fsp3) is 0.462. The highest BCUT2D eigenvalue weighted by atomic mass is 14.8. The zero-order valence-electron chi connectivity index (χ0n) is 18.2. The summed E-state index contributed by atoms with van der Waals surface area (Å²) in [5.41, 5.74) is 7.60. The van der Waals surface area contributed by atoms with Crippen molar-refractivity contribution in [2.45, 2.75) is 79.1 Å². The third kappa shape index (κ3) is 7.42. The maximum atomic E-state index is 4.65. The van der Waals surface area contributed by atoms with E-state index in [1.807, 2.05) is 12.4 Å². The molecular weight excluding hydrogens is 340 g/mol. The lowest BCUT2D eigenvalue weighted by molar-refractivity contribution is 0.895. The van der Waals surface area contributed by atoms with E-state index in [-0.39, 0.29) is 0 Å². The van der Waals surface area contributed by atoms with E-state index in [1.54, 1.807) is 0 Å². The van der Waals surface area contributed by atoms with Gasteiger partial charge in [0.05, 0.1) is 11.4 Å². The van der Waals surface area contributed by atoms with Gasteiger partial charge in [-0.3, -0.25) is 9.98 Å². The summed E-state index contributed by atoms with van der Waals surface area (Å²) in [6.45, 7) is 8.90. The molecule has 0 unspecified atom stereocenters. The monoisotopic (exact) mass is 376 g/mol. The molecule has 2 heteroatoms. The number of hydrogen-bond donors (Lipinski definition) is 0. The normalized spacial score (nSPS) is 11.7. The molecule has 0 aliphatic carbocycles. The maximum absolute atomic E-state index is 4.65. The molecule has 0 N–H and O–H groups in total. The summed E-state index contributed by atoms with van der Waals surface area (Å²) in [7, 11) is 0. The Balaban J connectivity index is 2.16. The van der Waals surface area contributed by atoms with Gasteiger partial charge in [0.15, 0.2) is 0 Å². The average Bonchev–Trinajstić information content (AvgIpc) is 2.66. The van der Waals surface area contributed by atoms with E-state index in [0.29, 0.717) is 0 Å². The number of hydrogen-bond acceptors (Lipinski definition) is 2.